The van der Waals surface area contributed by atoms with Crippen LogP contribution in [0.15, 0.2) is 36.4 Å². The number of halogens is 1. The molecule has 0 fully saturated rings. The molecule has 0 heterocycles. The summed E-state index contributed by atoms with van der Waals surface area (Å²) < 4.78 is 0. The van der Waals surface area contributed by atoms with Crippen molar-refractivity contribution in [2.75, 3.05) is 17.2 Å². The maximum Gasteiger partial charge on any atom is 0.0354 e. The van der Waals surface area contributed by atoms with Gasteiger partial charge >= 0.3 is 0 Å². The lowest BCUT2D eigenvalue weighted by atomic mass is 9.97. The summed E-state index contributed by atoms with van der Waals surface area (Å²) in [6, 6.07) is 11.5. The van der Waals surface area contributed by atoms with E-state index in [1.54, 1.807) is 0 Å². The third kappa shape index (κ3) is 2.68. The first-order valence-corrected chi connectivity index (χ1v) is 5.56. The van der Waals surface area contributed by atoms with Crippen molar-refractivity contribution in [3.63, 3.8) is 0 Å². The average molecular weight is 264 g/mol. The van der Waals surface area contributed by atoms with E-state index in [4.69, 9.17) is 17.2 Å². The monoisotopic (exact) mass is 263 g/mol. The number of anilines is 3. The molecule has 0 aromatic heterocycles. The largest absolute Gasteiger partial charge is 0.399 e. The van der Waals surface area contributed by atoms with Gasteiger partial charge in [-0.1, -0.05) is 18.2 Å². The van der Waals surface area contributed by atoms with Gasteiger partial charge in [-0.05, 0) is 41.8 Å². The minimum atomic E-state index is 0. The van der Waals surface area contributed by atoms with Crippen molar-refractivity contribution >= 4 is 29.5 Å². The Morgan fingerprint density at radius 3 is 2.11 bits per heavy atom. The van der Waals surface area contributed by atoms with Gasteiger partial charge in [0.1, 0.15) is 0 Å². The molecule has 6 N–H and O–H groups in total. The predicted octanol–water partition coefficient (Wildman–Crippen LogP) is 2.75. The maximum absolute atomic E-state index is 5.99. The summed E-state index contributed by atoms with van der Waals surface area (Å²) in [5.74, 6) is 0. The third-order valence-corrected chi connectivity index (χ3v) is 3.10. The molecule has 0 atom stereocenters. The third-order valence-electron chi connectivity index (χ3n) is 3.10. The van der Waals surface area contributed by atoms with Crippen LogP contribution < -0.4 is 17.2 Å². The lowest BCUT2D eigenvalue weighted by Crippen LogP contribution is -2.03. The zero-order valence-electron chi connectivity index (χ0n) is 10.3. The minimum absolute atomic E-state index is 0. The van der Waals surface area contributed by atoms with Crippen LogP contribution in [0, 0.1) is 6.92 Å². The molecule has 18 heavy (non-hydrogen) atoms. The summed E-state index contributed by atoms with van der Waals surface area (Å²) in [6.45, 7) is 1.99. The Labute approximate surface area is 113 Å². The smallest absolute Gasteiger partial charge is 0.0354 e. The molecule has 3 nitrogen and oxygen atoms in total. The molecule has 0 spiro atoms. The van der Waals surface area contributed by atoms with Crippen molar-refractivity contribution in [2.45, 2.75) is 13.3 Å². The van der Waals surface area contributed by atoms with Crippen LogP contribution in [-0.2, 0) is 6.42 Å². The van der Waals surface area contributed by atoms with Gasteiger partial charge in [0.25, 0.3) is 0 Å². The molecule has 0 unspecified atom stereocenters. The second-order valence-corrected chi connectivity index (χ2v) is 4.22. The Balaban J connectivity index is 0.00000162. The van der Waals surface area contributed by atoms with Crippen molar-refractivity contribution < 1.29 is 0 Å². The SMILES string of the molecule is Cc1c(N)ccc(N)c1Cc1ccccc1N.Cl. The molecule has 0 radical (unpaired) electrons. The molecule has 2 aromatic rings. The first kappa shape index (κ1) is 14.2. The Kier molecular flexibility index (Phi) is 4.45. The van der Waals surface area contributed by atoms with Gasteiger partial charge in [-0.3, -0.25) is 0 Å². The average Bonchev–Trinajstić information content (AvgIpc) is 2.32. The lowest BCUT2D eigenvalue weighted by Gasteiger charge is -2.13. The normalized spacial score (nSPS) is 9.83. The zero-order valence-corrected chi connectivity index (χ0v) is 11.1. The van der Waals surface area contributed by atoms with E-state index in [-0.39, 0.29) is 12.4 Å². The molecule has 0 amide bonds. The summed E-state index contributed by atoms with van der Waals surface area (Å²) in [5, 5.41) is 0. The quantitative estimate of drug-likeness (QED) is 0.729. The lowest BCUT2D eigenvalue weighted by molar-refractivity contribution is 1.17. The molecule has 96 valence electrons. The topological polar surface area (TPSA) is 78.1 Å². The number of rotatable bonds is 2. The molecule has 0 aliphatic rings. The van der Waals surface area contributed by atoms with E-state index in [1.165, 1.54) is 0 Å². The van der Waals surface area contributed by atoms with Gasteiger partial charge in [0.05, 0.1) is 0 Å². The number of nitrogen functional groups attached to an aromatic ring is 3. The molecule has 2 aromatic carbocycles. The van der Waals surface area contributed by atoms with Gasteiger partial charge in [0, 0.05) is 23.5 Å². The fourth-order valence-corrected chi connectivity index (χ4v) is 1.92. The molecule has 0 aliphatic heterocycles. The molecule has 4 heteroatoms. The van der Waals surface area contributed by atoms with Crippen molar-refractivity contribution in [2.24, 2.45) is 0 Å². The van der Waals surface area contributed by atoms with Gasteiger partial charge in [-0.2, -0.15) is 0 Å². The van der Waals surface area contributed by atoms with Crippen LogP contribution in [0.1, 0.15) is 16.7 Å². The second kappa shape index (κ2) is 5.65. The maximum atomic E-state index is 5.99. The van der Waals surface area contributed by atoms with Gasteiger partial charge in [0.2, 0.25) is 0 Å². The molecule has 0 saturated carbocycles. The van der Waals surface area contributed by atoms with Gasteiger partial charge in [-0.15, -0.1) is 12.4 Å². The van der Waals surface area contributed by atoms with Crippen LogP contribution in [0.25, 0.3) is 0 Å². The van der Waals surface area contributed by atoms with E-state index < -0.39 is 0 Å². The molecule has 0 bridgehead atoms. The molecule has 0 aliphatic carbocycles. The summed E-state index contributed by atoms with van der Waals surface area (Å²) in [7, 11) is 0. The van der Waals surface area contributed by atoms with E-state index in [0.29, 0.717) is 0 Å². The standard InChI is InChI=1S/C14H17N3.ClH/c1-9-11(14(17)7-6-12(9)15)8-10-4-2-3-5-13(10)16;/h2-7H,8,15-17H2,1H3;1H. The fourth-order valence-electron chi connectivity index (χ4n) is 1.92. The number of para-hydroxylation sites is 1. The van der Waals surface area contributed by atoms with Crippen molar-refractivity contribution in [1.82, 2.24) is 0 Å². The van der Waals surface area contributed by atoms with E-state index in [2.05, 4.69) is 0 Å². The predicted molar refractivity (Wildman–Crippen MR) is 80.9 cm³/mol. The first-order chi connectivity index (χ1) is 8.09. The Morgan fingerprint density at radius 1 is 0.833 bits per heavy atom. The highest BCUT2D eigenvalue weighted by atomic mass is 35.5. The van der Waals surface area contributed by atoms with Crippen LogP contribution >= 0.6 is 12.4 Å². The van der Waals surface area contributed by atoms with E-state index in [1.807, 2.05) is 43.3 Å². The van der Waals surface area contributed by atoms with Crippen LogP contribution in [-0.4, -0.2) is 0 Å². The van der Waals surface area contributed by atoms with Crippen LogP contribution in [0.5, 0.6) is 0 Å². The fraction of sp³-hybridized carbons (Fsp3) is 0.143. The van der Waals surface area contributed by atoms with Gasteiger partial charge in [0.15, 0.2) is 0 Å². The van der Waals surface area contributed by atoms with Crippen molar-refractivity contribution in [1.29, 1.82) is 0 Å². The number of benzene rings is 2. The number of hydrogen-bond donors (Lipinski definition) is 3. The van der Waals surface area contributed by atoms with Crippen molar-refractivity contribution in [3.05, 3.63) is 53.1 Å². The highest BCUT2D eigenvalue weighted by molar-refractivity contribution is 5.85. The minimum Gasteiger partial charge on any atom is -0.399 e. The van der Waals surface area contributed by atoms with Crippen LogP contribution in [0.2, 0.25) is 0 Å². The summed E-state index contributed by atoms with van der Waals surface area (Å²) in [4.78, 5) is 0. The summed E-state index contributed by atoms with van der Waals surface area (Å²) >= 11 is 0. The highest BCUT2D eigenvalue weighted by Gasteiger charge is 2.08. The molecular formula is C14H18ClN3. The summed E-state index contributed by atoms with van der Waals surface area (Å²) in [6.07, 6.45) is 0.718. The Bertz CT molecular complexity index is 553. The van der Waals surface area contributed by atoms with Crippen molar-refractivity contribution in [3.8, 4) is 0 Å². The molecular weight excluding hydrogens is 246 g/mol. The number of hydrogen-bond acceptors (Lipinski definition) is 3. The van der Waals surface area contributed by atoms with Crippen LogP contribution in [0.3, 0.4) is 0 Å². The Hall–Kier alpha value is -1.87. The van der Waals surface area contributed by atoms with Gasteiger partial charge in [-0.25, -0.2) is 0 Å². The zero-order chi connectivity index (χ0) is 12.4. The van der Waals surface area contributed by atoms with E-state index in [0.717, 1.165) is 40.2 Å². The van der Waals surface area contributed by atoms with E-state index in [9.17, 15) is 0 Å². The second-order valence-electron chi connectivity index (χ2n) is 4.22. The molecule has 2 rings (SSSR count). The molecule has 0 saturated heterocycles. The highest BCUT2D eigenvalue weighted by Crippen LogP contribution is 2.26. The first-order valence-electron chi connectivity index (χ1n) is 5.56. The number of nitrogens with two attached hydrogens (primary N) is 3. The van der Waals surface area contributed by atoms with Gasteiger partial charge < -0.3 is 17.2 Å². The summed E-state index contributed by atoms with van der Waals surface area (Å²) in [5.41, 5.74) is 23.3. The Morgan fingerprint density at radius 2 is 1.44 bits per heavy atom. The van der Waals surface area contributed by atoms with E-state index >= 15 is 0 Å². The van der Waals surface area contributed by atoms with Crippen LogP contribution in [0.4, 0.5) is 17.1 Å².